The summed E-state index contributed by atoms with van der Waals surface area (Å²) in [5.74, 6) is 0.632. The molecule has 1 aromatic heterocycles. The second kappa shape index (κ2) is 6.88. The Labute approximate surface area is 154 Å². The highest BCUT2D eigenvalue weighted by atomic mass is 32.1. The van der Waals surface area contributed by atoms with Crippen molar-refractivity contribution >= 4 is 17.4 Å². The van der Waals surface area contributed by atoms with Crippen LogP contribution in [0.3, 0.4) is 0 Å². The van der Waals surface area contributed by atoms with Gasteiger partial charge in [0, 0.05) is 36.8 Å². The van der Waals surface area contributed by atoms with Crippen molar-refractivity contribution < 1.29 is 4.79 Å². The molecular weight excluding hydrogens is 332 g/mol. The third kappa shape index (κ3) is 3.56. The molecule has 3 fully saturated rings. The standard InChI is InChI=1S/C19H30N4OS/c1-14-4-3-5-15(14)21-18(24)23-9-6-19(7-10-23)12-16(19)22(2)13-17-20-8-11-25-17/h8,11,14-16H,3-7,9-10,12-13H2,1-2H3,(H,21,24)/t14-,15-,16-/m1/s1. The van der Waals surface area contributed by atoms with Gasteiger partial charge in [0.1, 0.15) is 5.01 Å². The summed E-state index contributed by atoms with van der Waals surface area (Å²) >= 11 is 1.74. The first-order chi connectivity index (χ1) is 12.1. The number of hydrogen-bond donors (Lipinski definition) is 1. The summed E-state index contributed by atoms with van der Waals surface area (Å²) in [6, 6.07) is 1.22. The first-order valence-corrected chi connectivity index (χ1v) is 10.6. The largest absolute Gasteiger partial charge is 0.335 e. The lowest BCUT2D eigenvalue weighted by atomic mass is 9.92. The lowest BCUT2D eigenvalue weighted by Crippen LogP contribution is -2.49. The molecule has 1 aliphatic heterocycles. The summed E-state index contributed by atoms with van der Waals surface area (Å²) in [7, 11) is 2.22. The normalized spacial score (nSPS) is 30.8. The van der Waals surface area contributed by atoms with Crippen LogP contribution in [0.25, 0.3) is 0 Å². The average Bonchev–Trinajstić information content (AvgIpc) is 2.92. The summed E-state index contributed by atoms with van der Waals surface area (Å²) < 4.78 is 0. The van der Waals surface area contributed by atoms with Gasteiger partial charge in [-0.1, -0.05) is 13.3 Å². The highest BCUT2D eigenvalue weighted by molar-refractivity contribution is 7.09. The van der Waals surface area contributed by atoms with Gasteiger partial charge in [-0.15, -0.1) is 11.3 Å². The van der Waals surface area contributed by atoms with Crippen LogP contribution in [-0.2, 0) is 6.54 Å². The number of carbonyl (C=O) groups is 1. The molecule has 1 spiro atoms. The van der Waals surface area contributed by atoms with Crippen LogP contribution in [-0.4, -0.2) is 53.0 Å². The Kier molecular flexibility index (Phi) is 4.75. The molecule has 3 aliphatic rings. The number of carbonyl (C=O) groups excluding carboxylic acids is 1. The highest BCUT2D eigenvalue weighted by Crippen LogP contribution is 2.56. The molecule has 4 rings (SSSR count). The Bertz CT molecular complexity index is 597. The first-order valence-electron chi connectivity index (χ1n) is 9.71. The van der Waals surface area contributed by atoms with E-state index in [0.29, 0.717) is 23.4 Å². The van der Waals surface area contributed by atoms with Crippen molar-refractivity contribution in [2.45, 2.75) is 64.1 Å². The van der Waals surface area contributed by atoms with Crippen LogP contribution in [0.1, 0.15) is 50.5 Å². The van der Waals surface area contributed by atoms with Crippen molar-refractivity contribution in [2.75, 3.05) is 20.1 Å². The third-order valence-electron chi connectivity index (χ3n) is 6.76. The zero-order valence-electron chi connectivity index (χ0n) is 15.4. The summed E-state index contributed by atoms with van der Waals surface area (Å²) in [6.07, 6.45) is 9.11. The Morgan fingerprint density at radius 1 is 1.44 bits per heavy atom. The van der Waals surface area contributed by atoms with Gasteiger partial charge in [-0.25, -0.2) is 9.78 Å². The molecule has 0 aromatic carbocycles. The van der Waals surface area contributed by atoms with Gasteiger partial charge in [0.15, 0.2) is 0 Å². The second-order valence-electron chi connectivity index (χ2n) is 8.37. The van der Waals surface area contributed by atoms with Gasteiger partial charge in [0.25, 0.3) is 0 Å². The number of urea groups is 1. The first kappa shape index (κ1) is 17.3. The molecule has 2 amide bonds. The number of rotatable bonds is 4. The molecule has 2 saturated carbocycles. The maximum atomic E-state index is 12.6. The predicted molar refractivity (Wildman–Crippen MR) is 101 cm³/mol. The maximum absolute atomic E-state index is 12.6. The van der Waals surface area contributed by atoms with Crippen LogP contribution in [0, 0.1) is 11.3 Å². The minimum absolute atomic E-state index is 0.168. The number of nitrogens with one attached hydrogen (secondary N) is 1. The van der Waals surface area contributed by atoms with E-state index in [9.17, 15) is 4.79 Å². The summed E-state index contributed by atoms with van der Waals surface area (Å²) in [4.78, 5) is 21.5. The fraction of sp³-hybridized carbons (Fsp3) is 0.789. The molecule has 5 nitrogen and oxygen atoms in total. The van der Waals surface area contributed by atoms with Gasteiger partial charge in [0.05, 0.1) is 6.54 Å². The molecule has 0 radical (unpaired) electrons. The predicted octanol–water partition coefficient (Wildman–Crippen LogP) is 3.33. The third-order valence-corrected chi connectivity index (χ3v) is 7.53. The van der Waals surface area contributed by atoms with Crippen LogP contribution in [0.2, 0.25) is 0 Å². The Hall–Kier alpha value is -1.14. The molecule has 1 N–H and O–H groups in total. The highest BCUT2D eigenvalue weighted by Gasteiger charge is 2.56. The summed E-state index contributed by atoms with van der Waals surface area (Å²) in [5.41, 5.74) is 0.448. The fourth-order valence-electron chi connectivity index (χ4n) is 4.91. The van der Waals surface area contributed by atoms with E-state index in [-0.39, 0.29) is 6.03 Å². The Balaban J connectivity index is 1.25. The lowest BCUT2D eigenvalue weighted by Gasteiger charge is -2.35. The van der Waals surface area contributed by atoms with Crippen LogP contribution < -0.4 is 5.32 Å². The maximum Gasteiger partial charge on any atom is 0.317 e. The minimum Gasteiger partial charge on any atom is -0.335 e. The van der Waals surface area contributed by atoms with E-state index in [1.165, 1.54) is 24.3 Å². The van der Waals surface area contributed by atoms with Gasteiger partial charge >= 0.3 is 6.03 Å². The van der Waals surface area contributed by atoms with Gasteiger partial charge in [0.2, 0.25) is 0 Å². The average molecular weight is 363 g/mol. The molecule has 25 heavy (non-hydrogen) atoms. The second-order valence-corrected chi connectivity index (χ2v) is 9.35. The van der Waals surface area contributed by atoms with Gasteiger partial charge in [-0.05, 0) is 50.5 Å². The number of hydrogen-bond acceptors (Lipinski definition) is 4. The van der Waals surface area contributed by atoms with E-state index < -0.39 is 0 Å². The monoisotopic (exact) mass is 362 g/mol. The van der Waals surface area contributed by atoms with Crippen molar-refractivity contribution in [3.05, 3.63) is 16.6 Å². The smallest absolute Gasteiger partial charge is 0.317 e. The van der Waals surface area contributed by atoms with Crippen LogP contribution >= 0.6 is 11.3 Å². The van der Waals surface area contributed by atoms with Crippen molar-refractivity contribution in [3.8, 4) is 0 Å². The van der Waals surface area contributed by atoms with E-state index in [1.807, 2.05) is 16.5 Å². The Morgan fingerprint density at radius 3 is 2.88 bits per heavy atom. The lowest BCUT2D eigenvalue weighted by molar-refractivity contribution is 0.144. The molecule has 1 saturated heterocycles. The molecule has 1 aromatic rings. The topological polar surface area (TPSA) is 48.5 Å². The number of nitrogens with zero attached hydrogens (tertiary/aromatic N) is 3. The number of thiazole rings is 1. The van der Waals surface area contributed by atoms with Crippen molar-refractivity contribution in [2.24, 2.45) is 11.3 Å². The quantitative estimate of drug-likeness (QED) is 0.894. The van der Waals surface area contributed by atoms with E-state index >= 15 is 0 Å². The number of likely N-dealkylation sites (tertiary alicyclic amines) is 1. The van der Waals surface area contributed by atoms with E-state index in [1.54, 1.807) is 11.3 Å². The molecule has 0 unspecified atom stereocenters. The van der Waals surface area contributed by atoms with Gasteiger partial charge < -0.3 is 10.2 Å². The van der Waals surface area contributed by atoms with Crippen LogP contribution in [0.4, 0.5) is 4.79 Å². The minimum atomic E-state index is 0.168. The van der Waals surface area contributed by atoms with E-state index in [0.717, 1.165) is 38.9 Å². The fourth-order valence-corrected chi connectivity index (χ4v) is 5.59. The molecule has 138 valence electrons. The van der Waals surface area contributed by atoms with E-state index in [4.69, 9.17) is 0 Å². The van der Waals surface area contributed by atoms with Crippen LogP contribution in [0.5, 0.6) is 0 Å². The SMILES string of the molecule is C[C@@H]1CCC[C@H]1NC(=O)N1CCC2(CC1)C[C@H]2N(C)Cc1nccs1. The van der Waals surface area contributed by atoms with Gasteiger partial charge in [-0.3, -0.25) is 4.90 Å². The molecule has 3 atom stereocenters. The number of piperidine rings is 1. The zero-order valence-corrected chi connectivity index (χ0v) is 16.2. The zero-order chi connectivity index (χ0) is 17.4. The summed E-state index contributed by atoms with van der Waals surface area (Å²) in [5, 5.41) is 6.53. The van der Waals surface area contributed by atoms with Crippen molar-refractivity contribution in [1.82, 2.24) is 20.1 Å². The van der Waals surface area contributed by atoms with E-state index in [2.05, 4.69) is 29.2 Å². The molecule has 6 heteroatoms. The number of amides is 2. The molecule has 2 heterocycles. The van der Waals surface area contributed by atoms with Crippen LogP contribution in [0.15, 0.2) is 11.6 Å². The van der Waals surface area contributed by atoms with Gasteiger partial charge in [-0.2, -0.15) is 0 Å². The van der Waals surface area contributed by atoms with Crippen molar-refractivity contribution in [1.29, 1.82) is 0 Å². The molecule has 2 aliphatic carbocycles. The summed E-state index contributed by atoms with van der Waals surface area (Å²) in [6.45, 7) is 5.03. The number of aromatic nitrogens is 1. The van der Waals surface area contributed by atoms with Crippen molar-refractivity contribution in [3.63, 3.8) is 0 Å². The Morgan fingerprint density at radius 2 is 2.24 bits per heavy atom. The molecule has 0 bridgehead atoms. The molecular formula is C19H30N4OS.